The molecular formula is C16H12N4O4S. The van der Waals surface area contributed by atoms with Crippen LogP contribution in [0.2, 0.25) is 0 Å². The molecule has 3 aromatic rings. The quantitative estimate of drug-likeness (QED) is 0.315. The Hall–Kier alpha value is -3.20. The highest BCUT2D eigenvalue weighted by Crippen LogP contribution is 2.22. The fraction of sp³-hybridized carbons (Fsp3) is 0.0625. The Morgan fingerprint density at radius 2 is 2.16 bits per heavy atom. The van der Waals surface area contributed by atoms with Crippen molar-refractivity contribution in [3.63, 3.8) is 0 Å². The number of hydrogen-bond donors (Lipinski definition) is 1. The summed E-state index contributed by atoms with van der Waals surface area (Å²) in [6.07, 6.45) is 1.34. The summed E-state index contributed by atoms with van der Waals surface area (Å²) < 4.78 is 5.50. The molecule has 25 heavy (non-hydrogen) atoms. The van der Waals surface area contributed by atoms with Crippen molar-refractivity contribution in [3.05, 3.63) is 64.2 Å². The maximum absolute atomic E-state index is 11.8. The average molecular weight is 356 g/mol. The number of rotatable bonds is 6. The Morgan fingerprint density at radius 3 is 2.96 bits per heavy atom. The van der Waals surface area contributed by atoms with Gasteiger partial charge in [0.2, 0.25) is 0 Å². The highest BCUT2D eigenvalue weighted by atomic mass is 32.2. The Balaban J connectivity index is 1.52. The SMILES string of the molecule is O=C(CSc1nc2ccccc2o1)NN=Cc1cccc([N+](=O)[O-])c1. The summed E-state index contributed by atoms with van der Waals surface area (Å²) in [5.74, 6) is -0.257. The van der Waals surface area contributed by atoms with Gasteiger partial charge in [-0.1, -0.05) is 36.0 Å². The first-order valence-electron chi connectivity index (χ1n) is 7.16. The monoisotopic (exact) mass is 356 g/mol. The number of nitro groups is 1. The lowest BCUT2D eigenvalue weighted by Gasteiger charge is -1.97. The minimum Gasteiger partial charge on any atom is -0.431 e. The number of oxazole rings is 1. The lowest BCUT2D eigenvalue weighted by atomic mass is 10.2. The molecule has 0 saturated heterocycles. The Bertz CT molecular complexity index is 921. The number of amides is 1. The molecule has 2 aromatic carbocycles. The van der Waals surface area contributed by atoms with Crippen LogP contribution < -0.4 is 5.43 Å². The third-order valence-corrected chi connectivity index (χ3v) is 3.91. The van der Waals surface area contributed by atoms with Gasteiger partial charge in [-0.3, -0.25) is 14.9 Å². The number of hydrogen-bond acceptors (Lipinski definition) is 7. The molecule has 1 amide bonds. The molecule has 1 aromatic heterocycles. The summed E-state index contributed by atoms with van der Waals surface area (Å²) in [6, 6.07) is 13.3. The molecule has 0 aliphatic carbocycles. The molecule has 0 unspecified atom stereocenters. The molecule has 9 heteroatoms. The molecule has 0 atom stereocenters. The number of nitrogens with one attached hydrogen (secondary N) is 1. The van der Waals surface area contributed by atoms with E-state index >= 15 is 0 Å². The van der Waals surface area contributed by atoms with E-state index in [9.17, 15) is 14.9 Å². The predicted molar refractivity (Wildman–Crippen MR) is 93.6 cm³/mol. The molecule has 0 bridgehead atoms. The van der Waals surface area contributed by atoms with Crippen LogP contribution in [0.25, 0.3) is 11.1 Å². The third kappa shape index (κ3) is 4.42. The van der Waals surface area contributed by atoms with Crippen molar-refractivity contribution in [1.82, 2.24) is 10.4 Å². The van der Waals surface area contributed by atoms with Crippen LogP contribution in [-0.4, -0.2) is 27.8 Å². The van der Waals surface area contributed by atoms with Crippen molar-refractivity contribution >= 4 is 40.7 Å². The minimum absolute atomic E-state index is 0.0400. The number of nitro benzene ring substituents is 1. The van der Waals surface area contributed by atoms with Gasteiger partial charge in [-0.2, -0.15) is 5.10 Å². The fourth-order valence-corrected chi connectivity index (χ4v) is 2.60. The van der Waals surface area contributed by atoms with Gasteiger partial charge in [0.05, 0.1) is 16.9 Å². The highest BCUT2D eigenvalue weighted by molar-refractivity contribution is 7.99. The number of benzene rings is 2. The van der Waals surface area contributed by atoms with E-state index in [2.05, 4.69) is 15.5 Å². The molecule has 0 fully saturated rings. The Labute approximate surface area is 146 Å². The molecule has 0 spiro atoms. The van der Waals surface area contributed by atoms with Crippen LogP contribution in [0.15, 0.2) is 63.3 Å². The number of carbonyl (C=O) groups is 1. The largest absolute Gasteiger partial charge is 0.431 e. The molecule has 126 valence electrons. The standard InChI is InChI=1S/C16H12N4O4S/c21-15(10-25-16-18-13-6-1-2-7-14(13)24-16)19-17-9-11-4-3-5-12(8-11)20(22)23/h1-9H,10H2,(H,19,21). The summed E-state index contributed by atoms with van der Waals surface area (Å²) in [6.45, 7) is 0. The summed E-state index contributed by atoms with van der Waals surface area (Å²) in [5.41, 5.74) is 4.22. The first kappa shape index (κ1) is 16.7. The number of non-ortho nitro benzene ring substituents is 1. The smallest absolute Gasteiger partial charge is 0.270 e. The number of carbonyl (C=O) groups excluding carboxylic acids is 1. The maximum Gasteiger partial charge on any atom is 0.270 e. The average Bonchev–Trinajstić information content (AvgIpc) is 3.03. The number of thioether (sulfide) groups is 1. The van der Waals surface area contributed by atoms with E-state index < -0.39 is 4.92 Å². The van der Waals surface area contributed by atoms with Gasteiger partial charge in [0.1, 0.15) is 5.52 Å². The molecule has 1 heterocycles. The number of fused-ring (bicyclic) bond motifs is 1. The van der Waals surface area contributed by atoms with Crippen molar-refractivity contribution in [2.45, 2.75) is 5.22 Å². The van der Waals surface area contributed by atoms with Gasteiger partial charge < -0.3 is 4.42 Å². The number of hydrazone groups is 1. The van der Waals surface area contributed by atoms with E-state index in [1.807, 2.05) is 18.2 Å². The van der Waals surface area contributed by atoms with Crippen molar-refractivity contribution in [3.8, 4) is 0 Å². The van der Waals surface area contributed by atoms with Gasteiger partial charge in [-0.05, 0) is 12.1 Å². The maximum atomic E-state index is 11.8. The second-order valence-corrected chi connectivity index (χ2v) is 5.81. The molecule has 0 saturated carbocycles. The predicted octanol–water partition coefficient (Wildman–Crippen LogP) is 2.98. The van der Waals surface area contributed by atoms with Crippen LogP contribution in [0.4, 0.5) is 5.69 Å². The molecule has 1 N–H and O–H groups in total. The Morgan fingerprint density at radius 1 is 1.32 bits per heavy atom. The van der Waals surface area contributed by atoms with Crippen molar-refractivity contribution in [1.29, 1.82) is 0 Å². The van der Waals surface area contributed by atoms with E-state index in [0.717, 1.165) is 17.3 Å². The summed E-state index contributed by atoms with van der Waals surface area (Å²) in [4.78, 5) is 26.2. The third-order valence-electron chi connectivity index (χ3n) is 3.08. The summed E-state index contributed by atoms with van der Waals surface area (Å²) in [5, 5.41) is 14.9. The van der Waals surface area contributed by atoms with Crippen molar-refractivity contribution in [2.24, 2.45) is 5.10 Å². The number of para-hydroxylation sites is 2. The van der Waals surface area contributed by atoms with Crippen molar-refractivity contribution in [2.75, 3.05) is 5.75 Å². The van der Waals surface area contributed by atoms with Gasteiger partial charge >= 0.3 is 0 Å². The highest BCUT2D eigenvalue weighted by Gasteiger charge is 2.08. The van der Waals surface area contributed by atoms with Gasteiger partial charge in [0.15, 0.2) is 5.58 Å². The topological polar surface area (TPSA) is 111 Å². The molecule has 3 rings (SSSR count). The summed E-state index contributed by atoms with van der Waals surface area (Å²) >= 11 is 1.15. The van der Waals surface area contributed by atoms with E-state index in [0.29, 0.717) is 16.4 Å². The zero-order valence-corrected chi connectivity index (χ0v) is 13.6. The molecule has 0 aliphatic heterocycles. The van der Waals surface area contributed by atoms with E-state index in [-0.39, 0.29) is 17.3 Å². The zero-order chi connectivity index (χ0) is 17.6. The molecule has 0 radical (unpaired) electrons. The molecule has 0 aliphatic rings. The lowest BCUT2D eigenvalue weighted by Crippen LogP contribution is -2.19. The van der Waals surface area contributed by atoms with Crippen LogP contribution >= 0.6 is 11.8 Å². The van der Waals surface area contributed by atoms with E-state index in [4.69, 9.17) is 4.42 Å². The molecular weight excluding hydrogens is 344 g/mol. The van der Waals surface area contributed by atoms with Crippen LogP contribution in [-0.2, 0) is 4.79 Å². The van der Waals surface area contributed by atoms with Gasteiger partial charge in [-0.15, -0.1) is 0 Å². The van der Waals surface area contributed by atoms with E-state index in [1.165, 1.54) is 18.3 Å². The number of nitrogens with zero attached hydrogens (tertiary/aromatic N) is 3. The van der Waals surface area contributed by atoms with E-state index in [1.54, 1.807) is 18.2 Å². The molecule has 8 nitrogen and oxygen atoms in total. The normalized spacial score (nSPS) is 11.0. The fourth-order valence-electron chi connectivity index (χ4n) is 1.97. The van der Waals surface area contributed by atoms with Crippen LogP contribution in [0, 0.1) is 10.1 Å². The first-order valence-corrected chi connectivity index (χ1v) is 8.15. The zero-order valence-electron chi connectivity index (χ0n) is 12.8. The van der Waals surface area contributed by atoms with Crippen LogP contribution in [0.3, 0.4) is 0 Å². The Kier molecular flexibility index (Phi) is 5.05. The summed E-state index contributed by atoms with van der Waals surface area (Å²) in [7, 11) is 0. The second-order valence-electron chi connectivity index (χ2n) is 4.88. The first-order chi connectivity index (χ1) is 12.1. The van der Waals surface area contributed by atoms with Gasteiger partial charge in [0.25, 0.3) is 16.8 Å². The van der Waals surface area contributed by atoms with Crippen LogP contribution in [0.1, 0.15) is 5.56 Å². The number of aromatic nitrogens is 1. The van der Waals surface area contributed by atoms with Gasteiger partial charge in [-0.25, -0.2) is 10.4 Å². The van der Waals surface area contributed by atoms with Gasteiger partial charge in [0, 0.05) is 17.7 Å². The lowest BCUT2D eigenvalue weighted by molar-refractivity contribution is -0.384. The van der Waals surface area contributed by atoms with Crippen LogP contribution in [0.5, 0.6) is 0 Å². The second kappa shape index (κ2) is 7.58. The minimum atomic E-state index is -0.493. The van der Waals surface area contributed by atoms with Crippen molar-refractivity contribution < 1.29 is 14.1 Å².